The fourth-order valence-corrected chi connectivity index (χ4v) is 1.46. The number of carbonyl (C=O) groups excluding carboxylic acids is 2. The van der Waals surface area contributed by atoms with Crippen molar-refractivity contribution in [1.29, 1.82) is 0 Å². The van der Waals surface area contributed by atoms with Crippen LogP contribution in [0.1, 0.15) is 12.0 Å². The van der Waals surface area contributed by atoms with Crippen molar-refractivity contribution in [2.75, 3.05) is 0 Å². The summed E-state index contributed by atoms with van der Waals surface area (Å²) < 4.78 is 0. The van der Waals surface area contributed by atoms with E-state index in [1.54, 1.807) is 24.3 Å². The molecule has 4 N–H and O–H groups in total. The summed E-state index contributed by atoms with van der Waals surface area (Å²) in [6.07, 6.45) is -0.444. The number of hydrogen-bond donors (Lipinski definition) is 3. The van der Waals surface area contributed by atoms with Gasteiger partial charge in [-0.1, -0.05) is 30.3 Å². The molecule has 1 aromatic rings. The van der Waals surface area contributed by atoms with Gasteiger partial charge in [-0.3, -0.25) is 14.4 Å². The number of carboxylic acid groups (broad SMARTS) is 1. The second kappa shape index (κ2) is 6.39. The lowest BCUT2D eigenvalue weighted by Crippen LogP contribution is -2.46. The van der Waals surface area contributed by atoms with Crippen LogP contribution in [0, 0.1) is 0 Å². The SMILES string of the molecule is NC(=O)[C@@H](Cc1ccccc1)NC(=O)CC(=O)O. The third-order valence-electron chi connectivity index (χ3n) is 2.27. The van der Waals surface area contributed by atoms with Crippen LogP contribution in [0.15, 0.2) is 30.3 Å². The number of nitrogens with one attached hydrogen (secondary N) is 1. The van der Waals surface area contributed by atoms with E-state index in [1.165, 1.54) is 0 Å². The third-order valence-corrected chi connectivity index (χ3v) is 2.27. The molecule has 0 bridgehead atoms. The van der Waals surface area contributed by atoms with Crippen LogP contribution in [-0.2, 0) is 20.8 Å². The van der Waals surface area contributed by atoms with Crippen LogP contribution in [0.25, 0.3) is 0 Å². The number of primary amides is 1. The van der Waals surface area contributed by atoms with Crippen molar-refractivity contribution in [1.82, 2.24) is 5.32 Å². The Hall–Kier alpha value is -2.37. The third kappa shape index (κ3) is 4.65. The molecule has 6 nitrogen and oxygen atoms in total. The molecule has 0 spiro atoms. The van der Waals surface area contributed by atoms with Gasteiger partial charge >= 0.3 is 5.97 Å². The molecular weight excluding hydrogens is 236 g/mol. The van der Waals surface area contributed by atoms with E-state index in [9.17, 15) is 14.4 Å². The fourth-order valence-electron chi connectivity index (χ4n) is 1.46. The van der Waals surface area contributed by atoms with Crippen LogP contribution < -0.4 is 11.1 Å². The van der Waals surface area contributed by atoms with Gasteiger partial charge in [-0.25, -0.2) is 0 Å². The molecule has 0 fully saturated rings. The summed E-state index contributed by atoms with van der Waals surface area (Å²) in [5.74, 6) is -2.68. The number of benzene rings is 1. The van der Waals surface area contributed by atoms with Crippen LogP contribution in [0.3, 0.4) is 0 Å². The summed E-state index contributed by atoms with van der Waals surface area (Å²) in [5, 5.41) is 10.8. The Morgan fingerprint density at radius 1 is 1.22 bits per heavy atom. The van der Waals surface area contributed by atoms with E-state index in [0.717, 1.165) is 5.56 Å². The first-order valence-electron chi connectivity index (χ1n) is 5.33. The van der Waals surface area contributed by atoms with E-state index in [2.05, 4.69) is 5.32 Å². The molecule has 18 heavy (non-hydrogen) atoms. The highest BCUT2D eigenvalue weighted by molar-refractivity contribution is 5.95. The molecule has 1 aromatic carbocycles. The van der Waals surface area contributed by atoms with Gasteiger partial charge in [-0.05, 0) is 5.56 Å². The summed E-state index contributed by atoms with van der Waals surface area (Å²) in [7, 11) is 0. The lowest BCUT2D eigenvalue weighted by atomic mass is 10.1. The van der Waals surface area contributed by atoms with Gasteiger partial charge in [0.1, 0.15) is 12.5 Å². The van der Waals surface area contributed by atoms with E-state index in [4.69, 9.17) is 10.8 Å². The van der Waals surface area contributed by atoms with Crippen LogP contribution in [0.5, 0.6) is 0 Å². The fraction of sp³-hybridized carbons (Fsp3) is 0.250. The minimum absolute atomic E-state index is 0.238. The first-order chi connectivity index (χ1) is 8.49. The second-order valence-electron chi connectivity index (χ2n) is 3.78. The average molecular weight is 250 g/mol. The molecule has 1 rings (SSSR count). The van der Waals surface area contributed by atoms with Gasteiger partial charge < -0.3 is 16.2 Å². The lowest BCUT2D eigenvalue weighted by Gasteiger charge is -2.14. The zero-order chi connectivity index (χ0) is 13.5. The Kier molecular flexibility index (Phi) is 4.86. The Bertz CT molecular complexity index is 445. The molecule has 96 valence electrons. The lowest BCUT2D eigenvalue weighted by molar-refractivity contribution is -0.141. The molecular formula is C12H14N2O4. The molecule has 0 heterocycles. The van der Waals surface area contributed by atoms with Crippen LogP contribution >= 0.6 is 0 Å². The maximum atomic E-state index is 11.3. The Labute approximate surface area is 104 Å². The minimum atomic E-state index is -1.25. The highest BCUT2D eigenvalue weighted by Crippen LogP contribution is 2.03. The molecule has 1 atom stereocenters. The van der Waals surface area contributed by atoms with Crippen LogP contribution in [0.2, 0.25) is 0 Å². The first kappa shape index (κ1) is 13.7. The van der Waals surface area contributed by atoms with Crippen molar-refractivity contribution in [3.05, 3.63) is 35.9 Å². The average Bonchev–Trinajstić information content (AvgIpc) is 2.28. The van der Waals surface area contributed by atoms with E-state index < -0.39 is 30.2 Å². The number of carboxylic acids is 1. The first-order valence-corrected chi connectivity index (χ1v) is 5.33. The van der Waals surface area contributed by atoms with Crippen molar-refractivity contribution in [2.24, 2.45) is 5.73 Å². The Morgan fingerprint density at radius 2 is 1.83 bits per heavy atom. The molecule has 6 heteroatoms. The molecule has 0 unspecified atom stereocenters. The minimum Gasteiger partial charge on any atom is -0.481 e. The van der Waals surface area contributed by atoms with Gasteiger partial charge in [-0.2, -0.15) is 0 Å². The monoisotopic (exact) mass is 250 g/mol. The molecule has 2 amide bonds. The molecule has 0 aliphatic heterocycles. The highest BCUT2D eigenvalue weighted by atomic mass is 16.4. The van der Waals surface area contributed by atoms with Crippen molar-refractivity contribution in [2.45, 2.75) is 18.9 Å². The standard InChI is InChI=1S/C12H14N2O4/c13-12(18)9(14-10(15)7-11(16)17)6-8-4-2-1-3-5-8/h1-5,9H,6-7H2,(H2,13,18)(H,14,15)(H,16,17)/t9-/m1/s1. The van der Waals surface area contributed by atoms with Gasteiger partial charge in [0.25, 0.3) is 0 Å². The van der Waals surface area contributed by atoms with E-state index in [-0.39, 0.29) is 6.42 Å². The number of rotatable bonds is 6. The predicted molar refractivity (Wildman–Crippen MR) is 63.5 cm³/mol. The maximum Gasteiger partial charge on any atom is 0.312 e. The zero-order valence-corrected chi connectivity index (χ0v) is 9.63. The molecule has 0 aromatic heterocycles. The molecule has 0 aliphatic rings. The van der Waals surface area contributed by atoms with E-state index in [1.807, 2.05) is 6.07 Å². The van der Waals surface area contributed by atoms with E-state index in [0.29, 0.717) is 0 Å². The Morgan fingerprint density at radius 3 is 2.33 bits per heavy atom. The Balaban J connectivity index is 2.64. The summed E-state index contributed by atoms with van der Waals surface area (Å²) in [4.78, 5) is 32.8. The van der Waals surface area contributed by atoms with Gasteiger partial charge in [0.05, 0.1) is 0 Å². The zero-order valence-electron chi connectivity index (χ0n) is 9.63. The smallest absolute Gasteiger partial charge is 0.312 e. The summed E-state index contributed by atoms with van der Waals surface area (Å²) in [5.41, 5.74) is 5.99. The second-order valence-corrected chi connectivity index (χ2v) is 3.78. The molecule has 0 aliphatic carbocycles. The topological polar surface area (TPSA) is 109 Å². The largest absolute Gasteiger partial charge is 0.481 e. The van der Waals surface area contributed by atoms with Gasteiger partial charge in [0.15, 0.2) is 0 Å². The van der Waals surface area contributed by atoms with Crippen molar-refractivity contribution < 1.29 is 19.5 Å². The summed E-state index contributed by atoms with van der Waals surface area (Å²) in [6.45, 7) is 0. The molecule has 0 radical (unpaired) electrons. The number of aliphatic carboxylic acids is 1. The number of amides is 2. The molecule has 0 saturated carbocycles. The van der Waals surface area contributed by atoms with Crippen LogP contribution in [-0.4, -0.2) is 28.9 Å². The van der Waals surface area contributed by atoms with Crippen molar-refractivity contribution in [3.63, 3.8) is 0 Å². The summed E-state index contributed by atoms with van der Waals surface area (Å²) >= 11 is 0. The number of nitrogens with two attached hydrogens (primary N) is 1. The number of hydrogen-bond acceptors (Lipinski definition) is 3. The van der Waals surface area contributed by atoms with Crippen molar-refractivity contribution in [3.8, 4) is 0 Å². The summed E-state index contributed by atoms with van der Waals surface area (Å²) in [6, 6.07) is 8.10. The van der Waals surface area contributed by atoms with Gasteiger partial charge in [0, 0.05) is 6.42 Å². The molecule has 0 saturated heterocycles. The predicted octanol–water partition coefficient (Wildman–Crippen LogP) is -0.326. The van der Waals surface area contributed by atoms with Crippen molar-refractivity contribution >= 4 is 17.8 Å². The highest BCUT2D eigenvalue weighted by Gasteiger charge is 2.19. The van der Waals surface area contributed by atoms with E-state index >= 15 is 0 Å². The van der Waals surface area contributed by atoms with Gasteiger partial charge in [0.2, 0.25) is 11.8 Å². The normalized spacial score (nSPS) is 11.6. The van der Waals surface area contributed by atoms with Gasteiger partial charge in [-0.15, -0.1) is 0 Å². The maximum absolute atomic E-state index is 11.3. The van der Waals surface area contributed by atoms with Crippen LogP contribution in [0.4, 0.5) is 0 Å². The quantitative estimate of drug-likeness (QED) is 0.601. The number of carbonyl (C=O) groups is 3.